The molecule has 2 aromatic rings. The van der Waals surface area contributed by atoms with Gasteiger partial charge in [-0.15, -0.1) is 0 Å². The average molecular weight is 265 g/mol. The number of hydrogen-bond donors (Lipinski definition) is 1. The van der Waals surface area contributed by atoms with E-state index in [1.807, 2.05) is 6.07 Å². The third-order valence-electron chi connectivity index (χ3n) is 3.19. The van der Waals surface area contributed by atoms with Crippen LogP contribution in [0.2, 0.25) is 0 Å². The molecule has 1 aromatic heterocycles. The normalized spacial score (nSPS) is 16.1. The van der Waals surface area contributed by atoms with E-state index < -0.39 is 0 Å². The van der Waals surface area contributed by atoms with Crippen LogP contribution in [0.4, 0.5) is 5.69 Å². The zero-order valence-electron chi connectivity index (χ0n) is 8.63. The molecule has 0 spiro atoms. The van der Waals surface area contributed by atoms with Crippen LogP contribution >= 0.6 is 15.9 Å². The predicted molar refractivity (Wildman–Crippen MR) is 67.0 cm³/mol. The molecule has 2 N–H and O–H groups in total. The number of fused-ring (bicyclic) bond motifs is 1. The summed E-state index contributed by atoms with van der Waals surface area (Å²) in [7, 11) is 2.14. The minimum atomic E-state index is 0.780. The quantitative estimate of drug-likeness (QED) is 0.787. The number of benzene rings is 1. The lowest BCUT2D eigenvalue weighted by molar-refractivity contribution is 0.857. The second-order valence-electron chi connectivity index (χ2n) is 4.34. The van der Waals surface area contributed by atoms with Crippen LogP contribution < -0.4 is 5.73 Å². The van der Waals surface area contributed by atoms with Crippen molar-refractivity contribution in [2.24, 2.45) is 7.05 Å². The number of nitrogens with zero attached hydrogens (tertiary/aromatic N) is 1. The molecular weight excluding hydrogens is 252 g/mol. The molecule has 1 aliphatic rings. The number of aromatic nitrogens is 1. The van der Waals surface area contributed by atoms with E-state index in [1.165, 1.54) is 29.4 Å². The molecular formula is C12H13BrN2. The summed E-state index contributed by atoms with van der Waals surface area (Å²) < 4.78 is 3.27. The lowest BCUT2D eigenvalue weighted by Crippen LogP contribution is -1.93. The van der Waals surface area contributed by atoms with Gasteiger partial charge in [-0.05, 0) is 52.9 Å². The maximum atomic E-state index is 5.88. The molecule has 2 nitrogen and oxygen atoms in total. The first-order valence-corrected chi connectivity index (χ1v) is 6.00. The molecule has 1 aliphatic carbocycles. The minimum Gasteiger partial charge on any atom is -0.398 e. The van der Waals surface area contributed by atoms with E-state index in [2.05, 4.69) is 39.7 Å². The highest BCUT2D eigenvalue weighted by atomic mass is 79.9. The molecule has 78 valence electrons. The zero-order valence-corrected chi connectivity index (χ0v) is 10.2. The van der Waals surface area contributed by atoms with E-state index in [9.17, 15) is 0 Å². The van der Waals surface area contributed by atoms with Crippen LogP contribution in [0.5, 0.6) is 0 Å². The van der Waals surface area contributed by atoms with Crippen molar-refractivity contribution in [3.8, 4) is 0 Å². The standard InChI is InChI=1S/C12H13BrN2/c1-15-11(7-2-3-7)5-8-4-10(14)9(13)6-12(8)15/h4-7H,2-3,14H2,1H3. The van der Waals surface area contributed by atoms with Crippen LogP contribution in [0.3, 0.4) is 0 Å². The highest BCUT2D eigenvalue weighted by Crippen LogP contribution is 2.42. The van der Waals surface area contributed by atoms with Gasteiger partial charge in [0.2, 0.25) is 0 Å². The molecule has 1 heterocycles. The summed E-state index contributed by atoms with van der Waals surface area (Å²) in [5.74, 6) is 0.780. The Bertz CT molecular complexity index is 538. The molecule has 0 bridgehead atoms. The van der Waals surface area contributed by atoms with Crippen LogP contribution in [0.25, 0.3) is 10.9 Å². The lowest BCUT2D eigenvalue weighted by Gasteiger charge is -2.03. The largest absolute Gasteiger partial charge is 0.398 e. The van der Waals surface area contributed by atoms with Gasteiger partial charge in [0.05, 0.1) is 0 Å². The third-order valence-corrected chi connectivity index (χ3v) is 3.88. The molecule has 15 heavy (non-hydrogen) atoms. The number of rotatable bonds is 1. The van der Waals surface area contributed by atoms with Crippen molar-refractivity contribution in [2.45, 2.75) is 18.8 Å². The smallest absolute Gasteiger partial charge is 0.0492 e. The van der Waals surface area contributed by atoms with E-state index in [0.29, 0.717) is 0 Å². The Morgan fingerprint density at radius 3 is 2.73 bits per heavy atom. The van der Waals surface area contributed by atoms with Gasteiger partial charge in [-0.2, -0.15) is 0 Å². The number of anilines is 1. The summed E-state index contributed by atoms with van der Waals surface area (Å²) in [4.78, 5) is 0. The van der Waals surface area contributed by atoms with Crippen molar-refractivity contribution in [3.05, 3.63) is 28.4 Å². The summed E-state index contributed by atoms with van der Waals surface area (Å²) in [5.41, 5.74) is 9.40. The lowest BCUT2D eigenvalue weighted by atomic mass is 10.2. The Labute approximate surface area is 97.2 Å². The molecule has 1 fully saturated rings. The van der Waals surface area contributed by atoms with Crippen LogP contribution in [-0.4, -0.2) is 4.57 Å². The van der Waals surface area contributed by atoms with E-state index >= 15 is 0 Å². The van der Waals surface area contributed by atoms with Crippen molar-refractivity contribution in [3.63, 3.8) is 0 Å². The molecule has 3 rings (SSSR count). The number of nitrogens with two attached hydrogens (primary N) is 1. The van der Waals surface area contributed by atoms with Gasteiger partial charge in [-0.25, -0.2) is 0 Å². The average Bonchev–Trinajstić information content (AvgIpc) is 2.98. The fourth-order valence-corrected chi connectivity index (χ4v) is 2.50. The predicted octanol–water partition coefficient (Wildman–Crippen LogP) is 3.40. The van der Waals surface area contributed by atoms with Gasteiger partial charge >= 0.3 is 0 Å². The SMILES string of the molecule is Cn1c(C2CC2)cc2cc(N)c(Br)cc21. The van der Waals surface area contributed by atoms with Crippen molar-refractivity contribution in [2.75, 3.05) is 5.73 Å². The molecule has 0 unspecified atom stereocenters. The van der Waals surface area contributed by atoms with Gasteiger partial charge in [0.1, 0.15) is 0 Å². The number of aryl methyl sites for hydroxylation is 1. The Morgan fingerprint density at radius 1 is 1.33 bits per heavy atom. The topological polar surface area (TPSA) is 30.9 Å². The molecule has 0 amide bonds. The number of nitrogen functional groups attached to an aromatic ring is 1. The second kappa shape index (κ2) is 3.01. The van der Waals surface area contributed by atoms with Crippen molar-refractivity contribution < 1.29 is 0 Å². The Hall–Kier alpha value is -0.960. The molecule has 0 atom stereocenters. The molecule has 3 heteroatoms. The highest BCUT2D eigenvalue weighted by molar-refractivity contribution is 9.10. The molecule has 0 radical (unpaired) electrons. The summed E-state index contributed by atoms with van der Waals surface area (Å²) in [5, 5.41) is 1.25. The van der Waals surface area contributed by atoms with Gasteiger partial charge in [0.15, 0.2) is 0 Å². The summed E-state index contributed by atoms with van der Waals surface area (Å²) in [6.45, 7) is 0. The number of hydrogen-bond acceptors (Lipinski definition) is 1. The number of halogens is 1. The van der Waals surface area contributed by atoms with Crippen molar-refractivity contribution in [1.29, 1.82) is 0 Å². The Balaban J connectivity index is 2.30. The minimum absolute atomic E-state index is 0.780. The second-order valence-corrected chi connectivity index (χ2v) is 5.19. The first kappa shape index (κ1) is 9.28. The first-order chi connectivity index (χ1) is 7.16. The molecule has 0 saturated heterocycles. The van der Waals surface area contributed by atoms with Crippen LogP contribution in [0.15, 0.2) is 22.7 Å². The van der Waals surface area contributed by atoms with E-state index in [0.717, 1.165) is 16.1 Å². The molecule has 1 aromatic carbocycles. The van der Waals surface area contributed by atoms with Gasteiger partial charge in [-0.3, -0.25) is 0 Å². The van der Waals surface area contributed by atoms with Crippen molar-refractivity contribution in [1.82, 2.24) is 4.57 Å². The van der Waals surface area contributed by atoms with E-state index in [1.54, 1.807) is 0 Å². The van der Waals surface area contributed by atoms with Gasteiger partial charge in [0.25, 0.3) is 0 Å². The van der Waals surface area contributed by atoms with Crippen LogP contribution in [0, 0.1) is 0 Å². The van der Waals surface area contributed by atoms with E-state index in [4.69, 9.17) is 5.73 Å². The molecule has 0 aliphatic heterocycles. The van der Waals surface area contributed by atoms with E-state index in [-0.39, 0.29) is 0 Å². The zero-order chi connectivity index (χ0) is 10.6. The fourth-order valence-electron chi connectivity index (χ4n) is 2.17. The summed E-state index contributed by atoms with van der Waals surface area (Å²) in [6.07, 6.45) is 2.67. The maximum absolute atomic E-state index is 5.88. The van der Waals surface area contributed by atoms with Gasteiger partial charge in [0, 0.05) is 33.8 Å². The monoisotopic (exact) mass is 264 g/mol. The molecule has 1 saturated carbocycles. The Kier molecular flexibility index (Phi) is 1.87. The maximum Gasteiger partial charge on any atom is 0.0492 e. The van der Waals surface area contributed by atoms with Crippen molar-refractivity contribution >= 4 is 32.5 Å². The third kappa shape index (κ3) is 1.37. The van der Waals surface area contributed by atoms with Gasteiger partial charge < -0.3 is 10.3 Å². The summed E-state index contributed by atoms with van der Waals surface area (Å²) in [6, 6.07) is 6.43. The van der Waals surface area contributed by atoms with Crippen LogP contribution in [-0.2, 0) is 7.05 Å². The highest BCUT2D eigenvalue weighted by Gasteiger charge is 2.26. The van der Waals surface area contributed by atoms with Gasteiger partial charge in [-0.1, -0.05) is 0 Å². The first-order valence-electron chi connectivity index (χ1n) is 5.21. The fraction of sp³-hybridized carbons (Fsp3) is 0.333. The Morgan fingerprint density at radius 2 is 2.07 bits per heavy atom. The summed E-state index contributed by atoms with van der Waals surface area (Å²) >= 11 is 3.47. The van der Waals surface area contributed by atoms with Crippen LogP contribution in [0.1, 0.15) is 24.5 Å².